The normalized spacial score (nSPS) is 10.9. The van der Waals surface area contributed by atoms with E-state index in [0.717, 1.165) is 22.3 Å². The topological polar surface area (TPSA) is 59.8 Å². The highest BCUT2D eigenvalue weighted by Gasteiger charge is 2.14. The summed E-state index contributed by atoms with van der Waals surface area (Å²) < 4.78 is 2.38. The van der Waals surface area contributed by atoms with Crippen molar-refractivity contribution in [2.45, 2.75) is 37.4 Å². The van der Waals surface area contributed by atoms with Crippen LogP contribution in [0, 0.1) is 5.92 Å². The molecule has 112 valence electrons. The van der Waals surface area contributed by atoms with Crippen LogP contribution in [-0.2, 0) is 11.3 Å². The van der Waals surface area contributed by atoms with Crippen molar-refractivity contribution >= 4 is 39.3 Å². The van der Waals surface area contributed by atoms with E-state index in [9.17, 15) is 4.79 Å². The Bertz CT molecular complexity index is 642. The van der Waals surface area contributed by atoms with Crippen LogP contribution in [0.3, 0.4) is 0 Å². The third-order valence-corrected chi connectivity index (χ3v) is 4.18. The number of aromatic nitrogens is 3. The van der Waals surface area contributed by atoms with E-state index < -0.39 is 0 Å². The number of benzene rings is 1. The zero-order valence-electron chi connectivity index (χ0n) is 12.1. The smallest absolute Gasteiger partial charge is 0.226 e. The highest BCUT2D eigenvalue weighted by atomic mass is 79.9. The van der Waals surface area contributed by atoms with Gasteiger partial charge in [0.1, 0.15) is 0 Å². The van der Waals surface area contributed by atoms with Gasteiger partial charge in [0.05, 0.1) is 5.69 Å². The first-order chi connectivity index (χ1) is 10.0. The molecule has 0 aliphatic heterocycles. The van der Waals surface area contributed by atoms with Crippen molar-refractivity contribution < 1.29 is 4.79 Å². The summed E-state index contributed by atoms with van der Waals surface area (Å²) in [5.74, 6) is -0.0577. The van der Waals surface area contributed by atoms with Gasteiger partial charge in [-0.05, 0) is 46.7 Å². The number of rotatable bonds is 5. The molecule has 2 aromatic rings. The molecule has 0 bridgehead atoms. The largest absolute Gasteiger partial charge is 0.325 e. The number of carbonyl (C=O) groups is 1. The molecule has 1 aromatic carbocycles. The average molecular weight is 369 g/mol. The zero-order valence-corrected chi connectivity index (χ0v) is 14.5. The minimum atomic E-state index is -0.0588. The van der Waals surface area contributed by atoms with E-state index in [1.165, 1.54) is 11.8 Å². The Morgan fingerprint density at radius 1 is 1.43 bits per heavy atom. The molecule has 1 heterocycles. The summed E-state index contributed by atoms with van der Waals surface area (Å²) in [5, 5.41) is 7.99. The van der Waals surface area contributed by atoms with Crippen LogP contribution >= 0.6 is 27.7 Å². The third kappa shape index (κ3) is 4.07. The fraction of sp³-hybridized carbons (Fsp3) is 0.357. The predicted molar refractivity (Wildman–Crippen MR) is 87.4 cm³/mol. The summed E-state index contributed by atoms with van der Waals surface area (Å²) in [6.45, 7) is 6.49. The molecule has 0 aliphatic carbocycles. The lowest BCUT2D eigenvalue weighted by molar-refractivity contribution is -0.118. The molecule has 1 amide bonds. The predicted octanol–water partition coefficient (Wildman–Crippen LogP) is 3.81. The molecule has 0 radical (unpaired) electrons. The van der Waals surface area contributed by atoms with Crippen LogP contribution in [0.2, 0.25) is 0 Å². The van der Waals surface area contributed by atoms with Crippen LogP contribution in [0.4, 0.5) is 5.69 Å². The second-order valence-corrected chi connectivity index (χ2v) is 6.44. The van der Waals surface area contributed by atoms with Crippen molar-refractivity contribution in [2.24, 2.45) is 5.92 Å². The van der Waals surface area contributed by atoms with Gasteiger partial charge in [-0.1, -0.05) is 26.0 Å². The Morgan fingerprint density at radius 3 is 2.81 bits per heavy atom. The van der Waals surface area contributed by atoms with Crippen molar-refractivity contribution in [3.63, 3.8) is 0 Å². The van der Waals surface area contributed by atoms with Crippen LogP contribution in [0.15, 0.2) is 39.1 Å². The average Bonchev–Trinajstić information content (AvgIpc) is 2.80. The molecular formula is C14H17BrN4OS. The maximum absolute atomic E-state index is 11.9. The molecule has 0 saturated carbocycles. The van der Waals surface area contributed by atoms with Gasteiger partial charge in [-0.3, -0.25) is 4.79 Å². The van der Waals surface area contributed by atoms with Crippen molar-refractivity contribution in [1.29, 1.82) is 0 Å². The number of amides is 1. The molecule has 0 unspecified atom stereocenters. The Labute approximate surface area is 136 Å². The number of nitrogens with zero attached hydrogens (tertiary/aromatic N) is 3. The maximum atomic E-state index is 11.9. The first kappa shape index (κ1) is 16.0. The van der Waals surface area contributed by atoms with E-state index in [4.69, 9.17) is 0 Å². The highest BCUT2D eigenvalue weighted by molar-refractivity contribution is 9.10. The van der Waals surface area contributed by atoms with Crippen molar-refractivity contribution in [1.82, 2.24) is 14.8 Å². The van der Waals surface area contributed by atoms with E-state index in [0.29, 0.717) is 4.73 Å². The number of nitrogens with one attached hydrogen (secondary N) is 1. The number of hydrogen-bond donors (Lipinski definition) is 1. The summed E-state index contributed by atoms with van der Waals surface area (Å²) in [7, 11) is 0. The first-order valence-corrected chi connectivity index (χ1v) is 8.30. The van der Waals surface area contributed by atoms with E-state index in [1.807, 2.05) is 49.7 Å². The minimum Gasteiger partial charge on any atom is -0.325 e. The Morgan fingerprint density at radius 2 is 2.14 bits per heavy atom. The number of halogens is 1. The van der Waals surface area contributed by atoms with Gasteiger partial charge in [0, 0.05) is 17.4 Å². The van der Waals surface area contributed by atoms with Gasteiger partial charge in [-0.2, -0.15) is 4.98 Å². The van der Waals surface area contributed by atoms with Crippen LogP contribution in [0.5, 0.6) is 0 Å². The Balaban J connectivity index is 2.25. The number of para-hydroxylation sites is 1. The number of aryl methyl sites for hydroxylation is 1. The molecule has 0 saturated heterocycles. The standard InChI is InChI=1S/C14H17BrN4OS/c1-4-19-14(17-13(15)18-19)21-11-8-6-5-7-10(11)16-12(20)9(2)3/h5-9H,4H2,1-3H3,(H,16,20). The summed E-state index contributed by atoms with van der Waals surface area (Å²) in [6.07, 6.45) is 0. The maximum Gasteiger partial charge on any atom is 0.226 e. The Hall–Kier alpha value is -1.34. The van der Waals surface area contributed by atoms with Crippen molar-refractivity contribution in [2.75, 3.05) is 5.32 Å². The second kappa shape index (κ2) is 7.09. The van der Waals surface area contributed by atoms with Crippen LogP contribution in [0.25, 0.3) is 0 Å². The zero-order chi connectivity index (χ0) is 15.4. The summed E-state index contributed by atoms with van der Waals surface area (Å²) in [4.78, 5) is 17.2. The number of anilines is 1. The second-order valence-electron chi connectivity index (χ2n) is 4.72. The molecule has 2 rings (SSSR count). The number of hydrogen-bond acceptors (Lipinski definition) is 4. The molecule has 0 fully saturated rings. The summed E-state index contributed by atoms with van der Waals surface area (Å²) in [6, 6.07) is 7.70. The van der Waals surface area contributed by atoms with Gasteiger partial charge in [-0.15, -0.1) is 5.10 Å². The fourth-order valence-electron chi connectivity index (χ4n) is 1.62. The monoisotopic (exact) mass is 368 g/mol. The van der Waals surface area contributed by atoms with Gasteiger partial charge in [0.25, 0.3) is 0 Å². The van der Waals surface area contributed by atoms with Gasteiger partial charge >= 0.3 is 0 Å². The van der Waals surface area contributed by atoms with E-state index in [-0.39, 0.29) is 11.8 Å². The Kier molecular flexibility index (Phi) is 5.41. The lowest BCUT2D eigenvalue weighted by Gasteiger charge is -2.12. The summed E-state index contributed by atoms with van der Waals surface area (Å²) >= 11 is 4.77. The van der Waals surface area contributed by atoms with E-state index in [2.05, 4.69) is 31.3 Å². The third-order valence-electron chi connectivity index (χ3n) is 2.78. The lowest BCUT2D eigenvalue weighted by atomic mass is 10.2. The lowest BCUT2D eigenvalue weighted by Crippen LogP contribution is -2.18. The highest BCUT2D eigenvalue weighted by Crippen LogP contribution is 2.33. The van der Waals surface area contributed by atoms with Gasteiger partial charge < -0.3 is 5.32 Å². The molecule has 0 atom stereocenters. The van der Waals surface area contributed by atoms with Crippen molar-refractivity contribution in [3.05, 3.63) is 29.0 Å². The quantitative estimate of drug-likeness (QED) is 0.871. The summed E-state index contributed by atoms with van der Waals surface area (Å²) in [5.41, 5.74) is 0.794. The molecular weight excluding hydrogens is 352 g/mol. The molecule has 0 aliphatic rings. The SMILES string of the molecule is CCn1nc(Br)nc1Sc1ccccc1NC(=O)C(C)C. The molecule has 0 spiro atoms. The van der Waals surface area contributed by atoms with E-state index >= 15 is 0 Å². The molecule has 21 heavy (non-hydrogen) atoms. The van der Waals surface area contributed by atoms with Crippen molar-refractivity contribution in [3.8, 4) is 0 Å². The molecule has 5 nitrogen and oxygen atoms in total. The molecule has 7 heteroatoms. The van der Waals surface area contributed by atoms with Crippen LogP contribution < -0.4 is 5.32 Å². The van der Waals surface area contributed by atoms with E-state index in [1.54, 1.807) is 0 Å². The fourth-order valence-corrected chi connectivity index (χ4v) is 3.07. The van der Waals surface area contributed by atoms with Crippen LogP contribution in [0.1, 0.15) is 20.8 Å². The number of carbonyl (C=O) groups excluding carboxylic acids is 1. The van der Waals surface area contributed by atoms with Gasteiger partial charge in [-0.25, -0.2) is 4.68 Å². The van der Waals surface area contributed by atoms with Crippen LogP contribution in [-0.4, -0.2) is 20.7 Å². The van der Waals surface area contributed by atoms with Gasteiger partial charge in [0.2, 0.25) is 10.6 Å². The minimum absolute atomic E-state index is 0.00110. The van der Waals surface area contributed by atoms with Gasteiger partial charge in [0.15, 0.2) is 5.16 Å². The first-order valence-electron chi connectivity index (χ1n) is 6.69. The molecule has 1 N–H and O–H groups in total. The molecule has 1 aromatic heterocycles.